The lowest BCUT2D eigenvalue weighted by atomic mass is 10.0. The fourth-order valence-corrected chi connectivity index (χ4v) is 5.97. The van der Waals surface area contributed by atoms with Gasteiger partial charge in [0.05, 0.1) is 32.9 Å². The molecule has 1 atom stereocenters. The lowest BCUT2D eigenvalue weighted by molar-refractivity contribution is 0.0477. The van der Waals surface area contributed by atoms with Crippen molar-refractivity contribution in [3.8, 4) is 10.6 Å². The van der Waals surface area contributed by atoms with Crippen molar-refractivity contribution in [2.24, 2.45) is 0 Å². The Bertz CT molecular complexity index is 1480. The number of hydrogen-bond donors (Lipinski definition) is 2. The number of likely N-dealkylation sites (tertiary alicyclic amines) is 1. The van der Waals surface area contributed by atoms with Gasteiger partial charge in [-0.1, -0.05) is 0 Å². The molecule has 1 fully saturated rings. The van der Waals surface area contributed by atoms with Gasteiger partial charge in [0.25, 0.3) is 11.5 Å². The molecule has 2 N–H and O–H groups in total. The average Bonchev–Trinajstić information content (AvgIpc) is 3.46. The van der Waals surface area contributed by atoms with Gasteiger partial charge >= 0.3 is 0 Å². The number of aromatic nitrogens is 4. The van der Waals surface area contributed by atoms with Gasteiger partial charge < -0.3 is 20.1 Å². The first-order valence-corrected chi connectivity index (χ1v) is 13.6. The van der Waals surface area contributed by atoms with Gasteiger partial charge in [-0.05, 0) is 39.3 Å². The zero-order valence-electron chi connectivity index (χ0n) is 20.6. The maximum Gasteiger partial charge on any atom is 0.271 e. The number of nitrogens with one attached hydrogen (secondary N) is 2. The molecule has 0 aliphatic carbocycles. The molecule has 0 aromatic carbocycles. The third-order valence-electron chi connectivity index (χ3n) is 6.29. The SMILES string of the molecule is CCN(C[C@H]1CCN1C(=O)c1ccc(Nc2nc(-c3sc(C)nc3C)cs2)nc1)c1cc(F)c[nH]c1=O. The third kappa shape index (κ3) is 5.25. The monoisotopic (exact) mass is 539 g/mol. The van der Waals surface area contributed by atoms with Gasteiger partial charge in [0.2, 0.25) is 0 Å². The zero-order valence-corrected chi connectivity index (χ0v) is 22.2. The largest absolute Gasteiger partial charge is 0.365 e. The molecule has 0 saturated carbocycles. The highest BCUT2D eigenvalue weighted by Gasteiger charge is 2.34. The molecule has 37 heavy (non-hydrogen) atoms. The normalized spacial score (nSPS) is 14.9. The number of nitrogens with zero attached hydrogens (tertiary/aromatic N) is 5. The molecule has 12 heteroatoms. The van der Waals surface area contributed by atoms with Crippen molar-refractivity contribution in [3.63, 3.8) is 0 Å². The highest BCUT2D eigenvalue weighted by molar-refractivity contribution is 7.16. The summed E-state index contributed by atoms with van der Waals surface area (Å²) in [5.41, 5.74) is 2.25. The van der Waals surface area contributed by atoms with E-state index in [2.05, 4.69) is 25.3 Å². The van der Waals surface area contributed by atoms with Gasteiger partial charge in [-0.2, -0.15) is 0 Å². The Labute approximate surface area is 221 Å². The summed E-state index contributed by atoms with van der Waals surface area (Å²) in [6.45, 7) is 7.45. The summed E-state index contributed by atoms with van der Waals surface area (Å²) in [7, 11) is 0. The number of amides is 1. The first-order valence-electron chi connectivity index (χ1n) is 11.9. The maximum atomic E-state index is 13.7. The van der Waals surface area contributed by atoms with Crippen LogP contribution in [0.15, 0.2) is 40.8 Å². The summed E-state index contributed by atoms with van der Waals surface area (Å²) in [4.78, 5) is 45.9. The maximum absolute atomic E-state index is 13.7. The molecule has 9 nitrogen and oxygen atoms in total. The minimum atomic E-state index is -0.503. The summed E-state index contributed by atoms with van der Waals surface area (Å²) in [5.74, 6) is -0.0264. The van der Waals surface area contributed by atoms with Crippen LogP contribution in [0, 0.1) is 19.7 Å². The molecule has 1 aliphatic heterocycles. The molecule has 4 aromatic rings. The van der Waals surface area contributed by atoms with Crippen LogP contribution in [0.4, 0.5) is 21.0 Å². The van der Waals surface area contributed by atoms with Crippen molar-refractivity contribution in [3.05, 3.63) is 68.4 Å². The Morgan fingerprint density at radius 3 is 2.81 bits per heavy atom. The van der Waals surface area contributed by atoms with E-state index in [1.807, 2.05) is 26.2 Å². The van der Waals surface area contributed by atoms with Crippen LogP contribution in [0.1, 0.15) is 34.4 Å². The van der Waals surface area contributed by atoms with Gasteiger partial charge in [0.15, 0.2) is 5.13 Å². The van der Waals surface area contributed by atoms with E-state index < -0.39 is 5.82 Å². The smallest absolute Gasteiger partial charge is 0.271 e. The van der Waals surface area contributed by atoms with Gasteiger partial charge in [0.1, 0.15) is 17.3 Å². The lowest BCUT2D eigenvalue weighted by Crippen LogP contribution is -2.56. The van der Waals surface area contributed by atoms with E-state index >= 15 is 0 Å². The highest BCUT2D eigenvalue weighted by Crippen LogP contribution is 2.33. The molecule has 4 aromatic heterocycles. The number of H-pyrrole nitrogens is 1. The molecule has 1 aliphatic rings. The van der Waals surface area contributed by atoms with E-state index in [0.717, 1.165) is 33.9 Å². The second kappa shape index (κ2) is 10.4. The van der Waals surface area contributed by atoms with Crippen LogP contribution in [-0.2, 0) is 0 Å². The number of carbonyl (C=O) groups excluding carboxylic acids is 1. The molecule has 5 rings (SSSR count). The van der Waals surface area contributed by atoms with E-state index in [-0.39, 0.29) is 23.2 Å². The third-order valence-corrected chi connectivity index (χ3v) is 8.15. The Balaban J connectivity index is 1.23. The Kier molecular flexibility index (Phi) is 7.02. The molecule has 0 spiro atoms. The van der Waals surface area contributed by atoms with Crippen molar-refractivity contribution < 1.29 is 9.18 Å². The predicted molar refractivity (Wildman–Crippen MR) is 145 cm³/mol. The Morgan fingerprint density at radius 1 is 1.32 bits per heavy atom. The average molecular weight is 540 g/mol. The van der Waals surface area contributed by atoms with Crippen LogP contribution in [0.3, 0.4) is 0 Å². The zero-order chi connectivity index (χ0) is 26.1. The summed E-state index contributed by atoms with van der Waals surface area (Å²) in [6, 6.07) is 4.66. The first-order chi connectivity index (χ1) is 17.8. The summed E-state index contributed by atoms with van der Waals surface area (Å²) in [5, 5.41) is 6.90. The quantitative estimate of drug-likeness (QED) is 0.337. The molecule has 1 saturated heterocycles. The van der Waals surface area contributed by atoms with E-state index in [1.54, 1.807) is 39.5 Å². The van der Waals surface area contributed by atoms with E-state index in [0.29, 0.717) is 36.1 Å². The van der Waals surface area contributed by atoms with Crippen molar-refractivity contribution in [2.75, 3.05) is 29.9 Å². The Hall–Kier alpha value is -3.64. The number of likely N-dealkylation sites (N-methyl/N-ethyl adjacent to an activating group) is 1. The summed E-state index contributed by atoms with van der Waals surface area (Å²) >= 11 is 3.10. The molecule has 1 amide bonds. The van der Waals surface area contributed by atoms with Crippen molar-refractivity contribution in [1.29, 1.82) is 0 Å². The number of aryl methyl sites for hydroxylation is 2. The van der Waals surface area contributed by atoms with E-state index in [4.69, 9.17) is 0 Å². The standard InChI is InChI=1S/C25H26FN7O2S2/c1-4-32(20-9-17(26)11-28-23(20)34)12-18-7-8-33(18)24(35)16-5-6-21(27-10-16)31-25-30-19(13-36-25)22-14(2)29-15(3)37-22/h5-6,9-11,13,18H,4,7-8,12H2,1-3H3,(H,28,34)(H,27,30,31)/t18-/m1/s1. The number of carbonyl (C=O) groups is 1. The van der Waals surface area contributed by atoms with Crippen LogP contribution in [0.25, 0.3) is 10.6 Å². The van der Waals surface area contributed by atoms with Gasteiger partial charge in [-0.3, -0.25) is 9.59 Å². The fraction of sp³-hybridized carbons (Fsp3) is 0.320. The molecular formula is C25H26FN7O2S2. The number of anilines is 3. The molecule has 192 valence electrons. The van der Waals surface area contributed by atoms with E-state index in [9.17, 15) is 14.0 Å². The number of rotatable bonds is 8. The molecule has 0 radical (unpaired) electrons. The predicted octanol–water partition coefficient (Wildman–Crippen LogP) is 4.59. The number of hydrogen-bond acceptors (Lipinski definition) is 9. The fourth-order valence-electron chi connectivity index (χ4n) is 4.31. The number of pyridine rings is 2. The molecule has 5 heterocycles. The number of halogens is 1. The minimum Gasteiger partial charge on any atom is -0.365 e. The number of thiazole rings is 2. The van der Waals surface area contributed by atoms with Crippen LogP contribution in [0.2, 0.25) is 0 Å². The highest BCUT2D eigenvalue weighted by atomic mass is 32.1. The van der Waals surface area contributed by atoms with Crippen molar-refractivity contribution in [1.82, 2.24) is 24.8 Å². The van der Waals surface area contributed by atoms with Gasteiger partial charge in [-0.25, -0.2) is 19.3 Å². The number of aromatic amines is 1. The van der Waals surface area contributed by atoms with Crippen LogP contribution < -0.4 is 15.8 Å². The van der Waals surface area contributed by atoms with E-state index in [1.165, 1.54) is 17.4 Å². The van der Waals surface area contributed by atoms with Gasteiger partial charge in [0, 0.05) is 43.5 Å². The summed E-state index contributed by atoms with van der Waals surface area (Å²) < 4.78 is 13.7. The van der Waals surface area contributed by atoms with Crippen LogP contribution in [0.5, 0.6) is 0 Å². The molecular weight excluding hydrogens is 513 g/mol. The summed E-state index contributed by atoms with van der Waals surface area (Å²) in [6.07, 6.45) is 3.41. The van der Waals surface area contributed by atoms with Gasteiger partial charge in [-0.15, -0.1) is 22.7 Å². The Morgan fingerprint density at radius 2 is 2.16 bits per heavy atom. The molecule has 0 bridgehead atoms. The van der Waals surface area contributed by atoms with Crippen molar-refractivity contribution >= 4 is 45.2 Å². The molecule has 0 unspecified atom stereocenters. The second-order valence-electron chi connectivity index (χ2n) is 8.75. The van der Waals surface area contributed by atoms with Crippen LogP contribution in [-0.4, -0.2) is 56.4 Å². The first kappa shape index (κ1) is 25.0. The minimum absolute atomic E-state index is 0.0690. The topological polar surface area (TPSA) is 107 Å². The second-order valence-corrected chi connectivity index (χ2v) is 10.8. The lowest BCUT2D eigenvalue weighted by Gasteiger charge is -2.43. The van der Waals surface area contributed by atoms with Crippen molar-refractivity contribution in [2.45, 2.75) is 33.2 Å². The van der Waals surface area contributed by atoms with Crippen LogP contribution >= 0.6 is 22.7 Å².